The van der Waals surface area contributed by atoms with Crippen LogP contribution in [-0.2, 0) is 9.84 Å². The van der Waals surface area contributed by atoms with Crippen molar-refractivity contribution in [2.45, 2.75) is 19.4 Å². The number of sulfone groups is 1. The molecule has 0 spiro atoms. The molecule has 1 unspecified atom stereocenters. The van der Waals surface area contributed by atoms with Gasteiger partial charge in [0.25, 0.3) is 0 Å². The first-order valence-corrected chi connectivity index (χ1v) is 8.43. The monoisotopic (exact) mass is 336 g/mol. The molecular weight excluding hydrogens is 320 g/mol. The lowest BCUT2D eigenvalue weighted by atomic mass is 10.1. The summed E-state index contributed by atoms with van der Waals surface area (Å²) in [5.41, 5.74) is 0.684. The van der Waals surface area contributed by atoms with Crippen LogP contribution in [0.4, 0.5) is 0 Å². The minimum atomic E-state index is -2.95. The molecule has 0 bridgehead atoms. The van der Waals surface area contributed by atoms with Gasteiger partial charge in [0, 0.05) is 16.3 Å². The number of hydrogen-bond donors (Lipinski definition) is 1. The van der Waals surface area contributed by atoms with Crippen molar-refractivity contribution < 1.29 is 18.3 Å². The summed E-state index contributed by atoms with van der Waals surface area (Å²) in [6.07, 6.45) is 1.01. The summed E-state index contributed by atoms with van der Waals surface area (Å²) in [6.45, 7) is 1.97. The Hall–Kier alpha value is -0.590. The van der Waals surface area contributed by atoms with Crippen molar-refractivity contribution >= 4 is 25.8 Å². The highest BCUT2D eigenvalue weighted by Gasteiger charge is 2.10. The third kappa shape index (κ3) is 5.37. The Bertz CT molecular complexity index is 497. The van der Waals surface area contributed by atoms with Gasteiger partial charge in [0.1, 0.15) is 15.6 Å². The minimum absolute atomic E-state index is 0.105. The van der Waals surface area contributed by atoms with Gasteiger partial charge in [-0.25, -0.2) is 8.42 Å². The summed E-state index contributed by atoms with van der Waals surface area (Å²) in [6, 6.07) is 5.36. The number of ether oxygens (including phenoxy) is 1. The second kappa shape index (κ2) is 6.54. The molecule has 18 heavy (non-hydrogen) atoms. The van der Waals surface area contributed by atoms with E-state index in [-0.39, 0.29) is 5.75 Å². The van der Waals surface area contributed by atoms with E-state index in [1.54, 1.807) is 19.1 Å². The van der Waals surface area contributed by atoms with Gasteiger partial charge in [-0.2, -0.15) is 0 Å². The molecule has 102 valence electrons. The Labute approximate surface area is 116 Å². The fourth-order valence-corrected chi connectivity index (χ4v) is 2.50. The van der Waals surface area contributed by atoms with Crippen LogP contribution in [0, 0.1) is 0 Å². The molecule has 0 saturated heterocycles. The quantitative estimate of drug-likeness (QED) is 0.809. The topological polar surface area (TPSA) is 63.6 Å². The summed E-state index contributed by atoms with van der Waals surface area (Å²) in [7, 11) is -2.95. The molecule has 0 saturated carbocycles. The van der Waals surface area contributed by atoms with Crippen molar-refractivity contribution in [1.29, 1.82) is 0 Å². The second-order valence-electron chi connectivity index (χ2n) is 4.19. The molecule has 0 aliphatic carbocycles. The van der Waals surface area contributed by atoms with Crippen LogP contribution in [0.3, 0.4) is 0 Å². The number of aliphatic hydroxyl groups is 1. The second-order valence-corrected chi connectivity index (χ2v) is 7.37. The van der Waals surface area contributed by atoms with E-state index in [1.807, 2.05) is 6.07 Å². The SMILES string of the molecule is CC(O)c1cc(Br)ccc1OCCCS(C)(=O)=O. The van der Waals surface area contributed by atoms with E-state index in [0.717, 1.165) is 4.47 Å². The normalized spacial score (nSPS) is 13.3. The highest BCUT2D eigenvalue weighted by Crippen LogP contribution is 2.28. The predicted octanol–water partition coefficient (Wildman–Crippen LogP) is 2.32. The smallest absolute Gasteiger partial charge is 0.147 e. The molecule has 1 N–H and O–H groups in total. The van der Waals surface area contributed by atoms with Gasteiger partial charge < -0.3 is 9.84 Å². The third-order valence-corrected chi connectivity index (χ3v) is 3.86. The summed E-state index contributed by atoms with van der Waals surface area (Å²) in [5.74, 6) is 0.690. The van der Waals surface area contributed by atoms with Gasteiger partial charge in [-0.15, -0.1) is 0 Å². The van der Waals surface area contributed by atoms with Crippen LogP contribution >= 0.6 is 15.9 Å². The van der Waals surface area contributed by atoms with Crippen molar-refractivity contribution in [1.82, 2.24) is 0 Å². The summed E-state index contributed by atoms with van der Waals surface area (Å²) >= 11 is 3.33. The summed E-state index contributed by atoms with van der Waals surface area (Å²) in [5, 5.41) is 9.62. The molecule has 1 aromatic carbocycles. The molecule has 1 aromatic rings. The number of halogens is 1. The van der Waals surface area contributed by atoms with Crippen molar-refractivity contribution in [2.75, 3.05) is 18.6 Å². The van der Waals surface area contributed by atoms with E-state index < -0.39 is 15.9 Å². The molecular formula is C12H17BrO4S. The van der Waals surface area contributed by atoms with Crippen LogP contribution in [0.5, 0.6) is 5.75 Å². The van der Waals surface area contributed by atoms with Crippen molar-refractivity contribution in [3.05, 3.63) is 28.2 Å². The Morgan fingerprint density at radius 3 is 2.67 bits per heavy atom. The van der Waals surface area contributed by atoms with E-state index in [1.165, 1.54) is 6.26 Å². The zero-order valence-corrected chi connectivity index (χ0v) is 12.8. The molecule has 0 radical (unpaired) electrons. The molecule has 0 heterocycles. The van der Waals surface area contributed by atoms with Gasteiger partial charge in [0.05, 0.1) is 18.5 Å². The minimum Gasteiger partial charge on any atom is -0.493 e. The zero-order chi connectivity index (χ0) is 13.8. The Morgan fingerprint density at radius 1 is 1.44 bits per heavy atom. The molecule has 0 amide bonds. The number of aliphatic hydroxyl groups excluding tert-OH is 1. The average molecular weight is 337 g/mol. The summed E-state index contributed by atoms with van der Waals surface area (Å²) in [4.78, 5) is 0. The fraction of sp³-hybridized carbons (Fsp3) is 0.500. The third-order valence-electron chi connectivity index (χ3n) is 2.34. The Balaban J connectivity index is 2.62. The molecule has 1 rings (SSSR count). The lowest BCUT2D eigenvalue weighted by Crippen LogP contribution is -2.09. The first kappa shape index (κ1) is 15.5. The molecule has 0 fully saturated rings. The number of hydrogen-bond acceptors (Lipinski definition) is 4. The van der Waals surface area contributed by atoms with Crippen LogP contribution in [-0.4, -0.2) is 32.1 Å². The Morgan fingerprint density at radius 2 is 2.11 bits per heavy atom. The fourth-order valence-electron chi connectivity index (χ4n) is 1.48. The standard InChI is InChI=1S/C12H17BrO4S/c1-9(14)11-8-10(13)4-5-12(11)17-6-3-7-18(2,15)16/h4-5,8-9,14H,3,6-7H2,1-2H3. The first-order chi connectivity index (χ1) is 8.29. The molecule has 0 aliphatic heterocycles. The molecule has 0 aromatic heterocycles. The van der Waals surface area contributed by atoms with Crippen molar-refractivity contribution in [3.63, 3.8) is 0 Å². The number of rotatable bonds is 6. The van der Waals surface area contributed by atoms with E-state index in [2.05, 4.69) is 15.9 Å². The Kier molecular flexibility index (Phi) is 5.62. The molecule has 0 aliphatic rings. The predicted molar refractivity (Wildman–Crippen MR) is 74.6 cm³/mol. The maximum Gasteiger partial charge on any atom is 0.147 e. The van der Waals surface area contributed by atoms with Crippen LogP contribution in [0.1, 0.15) is 25.0 Å². The number of benzene rings is 1. The maximum absolute atomic E-state index is 11.0. The van der Waals surface area contributed by atoms with Crippen molar-refractivity contribution in [2.24, 2.45) is 0 Å². The van der Waals surface area contributed by atoms with Gasteiger partial charge in [-0.1, -0.05) is 15.9 Å². The lowest BCUT2D eigenvalue weighted by molar-refractivity contribution is 0.191. The molecule has 1 atom stereocenters. The van der Waals surface area contributed by atoms with E-state index >= 15 is 0 Å². The van der Waals surface area contributed by atoms with Crippen LogP contribution in [0.15, 0.2) is 22.7 Å². The van der Waals surface area contributed by atoms with Gasteiger partial charge in [-0.3, -0.25) is 0 Å². The van der Waals surface area contributed by atoms with Gasteiger partial charge in [-0.05, 0) is 31.5 Å². The molecule has 4 nitrogen and oxygen atoms in total. The largest absolute Gasteiger partial charge is 0.493 e. The van der Waals surface area contributed by atoms with Gasteiger partial charge in [0.2, 0.25) is 0 Å². The van der Waals surface area contributed by atoms with E-state index in [0.29, 0.717) is 24.3 Å². The highest BCUT2D eigenvalue weighted by molar-refractivity contribution is 9.10. The average Bonchev–Trinajstić information content (AvgIpc) is 2.24. The zero-order valence-electron chi connectivity index (χ0n) is 10.4. The molecule has 6 heteroatoms. The van der Waals surface area contributed by atoms with Crippen LogP contribution < -0.4 is 4.74 Å². The first-order valence-electron chi connectivity index (χ1n) is 5.57. The highest BCUT2D eigenvalue weighted by atomic mass is 79.9. The van der Waals surface area contributed by atoms with E-state index in [4.69, 9.17) is 4.74 Å². The summed E-state index contributed by atoms with van der Waals surface area (Å²) < 4.78 is 28.3. The van der Waals surface area contributed by atoms with Gasteiger partial charge >= 0.3 is 0 Å². The lowest BCUT2D eigenvalue weighted by Gasteiger charge is -2.13. The van der Waals surface area contributed by atoms with Crippen LogP contribution in [0.2, 0.25) is 0 Å². The maximum atomic E-state index is 11.0. The van der Waals surface area contributed by atoms with Gasteiger partial charge in [0.15, 0.2) is 0 Å². The van der Waals surface area contributed by atoms with Crippen LogP contribution in [0.25, 0.3) is 0 Å². The van der Waals surface area contributed by atoms with Crippen molar-refractivity contribution in [3.8, 4) is 5.75 Å². The van der Waals surface area contributed by atoms with E-state index in [9.17, 15) is 13.5 Å².